The molecule has 0 aromatic rings. The molecule has 0 spiro atoms. The fraction of sp³-hybridized carbons (Fsp3) is 0.875. The van der Waals surface area contributed by atoms with Crippen molar-refractivity contribution in [3.8, 4) is 0 Å². The van der Waals surface area contributed by atoms with Crippen LogP contribution >= 0.6 is 0 Å². The summed E-state index contributed by atoms with van der Waals surface area (Å²) in [5.41, 5.74) is 5.11. The highest BCUT2D eigenvalue weighted by Crippen LogP contribution is 2.16. The number of carbonyl (C=O) groups is 1. The maximum absolute atomic E-state index is 11.2. The van der Waals surface area contributed by atoms with Crippen molar-refractivity contribution in [3.63, 3.8) is 0 Å². The van der Waals surface area contributed by atoms with E-state index in [4.69, 9.17) is 5.73 Å². The van der Waals surface area contributed by atoms with Crippen molar-refractivity contribution in [3.05, 3.63) is 0 Å². The minimum Gasteiger partial charge on any atom is -0.329 e. The fourth-order valence-corrected chi connectivity index (χ4v) is 0.679. The SMILES string of the molecule is CCCC(=O)C(C)(C)CN. The second-order valence-corrected chi connectivity index (χ2v) is 3.26. The van der Waals surface area contributed by atoms with Gasteiger partial charge in [-0.1, -0.05) is 20.8 Å². The summed E-state index contributed by atoms with van der Waals surface area (Å²) >= 11 is 0. The summed E-state index contributed by atoms with van der Waals surface area (Å²) in [5.74, 6) is 0.275. The van der Waals surface area contributed by atoms with Gasteiger partial charge in [0.05, 0.1) is 0 Å². The summed E-state index contributed by atoms with van der Waals surface area (Å²) in [6.45, 7) is 6.24. The second kappa shape index (κ2) is 3.71. The molecule has 2 heteroatoms. The van der Waals surface area contributed by atoms with Crippen molar-refractivity contribution in [2.45, 2.75) is 33.6 Å². The van der Waals surface area contributed by atoms with Crippen LogP contribution in [0.3, 0.4) is 0 Å². The van der Waals surface area contributed by atoms with Crippen LogP contribution in [0.5, 0.6) is 0 Å². The molecule has 0 unspecified atom stereocenters. The predicted molar refractivity (Wildman–Crippen MR) is 42.8 cm³/mol. The lowest BCUT2D eigenvalue weighted by atomic mass is 9.86. The van der Waals surface area contributed by atoms with Crippen LogP contribution in [-0.2, 0) is 4.79 Å². The van der Waals surface area contributed by atoms with Gasteiger partial charge in [0.2, 0.25) is 0 Å². The van der Waals surface area contributed by atoms with Crippen molar-refractivity contribution in [2.24, 2.45) is 11.1 Å². The van der Waals surface area contributed by atoms with E-state index in [1.165, 1.54) is 0 Å². The Morgan fingerprint density at radius 2 is 2.00 bits per heavy atom. The molecule has 0 heterocycles. The fourth-order valence-electron chi connectivity index (χ4n) is 0.679. The monoisotopic (exact) mass is 143 g/mol. The zero-order chi connectivity index (χ0) is 8.20. The zero-order valence-corrected chi connectivity index (χ0v) is 7.11. The van der Waals surface area contributed by atoms with Crippen LogP contribution in [0, 0.1) is 5.41 Å². The first-order chi connectivity index (χ1) is 4.54. The van der Waals surface area contributed by atoms with Gasteiger partial charge in [-0.3, -0.25) is 4.79 Å². The molecule has 0 bridgehead atoms. The summed E-state index contributed by atoms with van der Waals surface area (Å²) in [6, 6.07) is 0. The normalized spacial score (nSPS) is 11.6. The molecule has 0 saturated heterocycles. The minimum atomic E-state index is -0.310. The zero-order valence-electron chi connectivity index (χ0n) is 7.11. The highest BCUT2D eigenvalue weighted by atomic mass is 16.1. The van der Waals surface area contributed by atoms with Crippen LogP contribution in [0.1, 0.15) is 33.6 Å². The quantitative estimate of drug-likeness (QED) is 0.645. The molecule has 0 aliphatic heterocycles. The average Bonchev–Trinajstić information content (AvgIpc) is 1.89. The molecule has 10 heavy (non-hydrogen) atoms. The van der Waals surface area contributed by atoms with Gasteiger partial charge in [-0.25, -0.2) is 0 Å². The first kappa shape index (κ1) is 9.63. The number of nitrogens with two attached hydrogens (primary N) is 1. The molecule has 2 nitrogen and oxygen atoms in total. The molecule has 0 aromatic heterocycles. The van der Waals surface area contributed by atoms with Crippen LogP contribution in [0.25, 0.3) is 0 Å². The minimum absolute atomic E-state index is 0.275. The Labute approximate surface area is 62.8 Å². The van der Waals surface area contributed by atoms with E-state index in [1.807, 2.05) is 20.8 Å². The number of ketones is 1. The topological polar surface area (TPSA) is 43.1 Å². The summed E-state index contributed by atoms with van der Waals surface area (Å²) in [7, 11) is 0. The number of rotatable bonds is 4. The molecule has 0 atom stereocenters. The summed E-state index contributed by atoms with van der Waals surface area (Å²) < 4.78 is 0. The first-order valence-electron chi connectivity index (χ1n) is 3.78. The number of hydrogen-bond donors (Lipinski definition) is 1. The van der Waals surface area contributed by atoms with Gasteiger partial charge >= 0.3 is 0 Å². The lowest BCUT2D eigenvalue weighted by molar-refractivity contribution is -0.126. The second-order valence-electron chi connectivity index (χ2n) is 3.26. The van der Waals surface area contributed by atoms with Crippen molar-refractivity contribution >= 4 is 5.78 Å². The van der Waals surface area contributed by atoms with E-state index in [1.54, 1.807) is 0 Å². The maximum atomic E-state index is 11.2. The molecule has 0 aromatic carbocycles. The largest absolute Gasteiger partial charge is 0.329 e. The highest BCUT2D eigenvalue weighted by Gasteiger charge is 2.23. The van der Waals surface area contributed by atoms with E-state index in [0.717, 1.165) is 6.42 Å². The summed E-state index contributed by atoms with van der Waals surface area (Å²) in [6.07, 6.45) is 1.58. The van der Waals surface area contributed by atoms with Crippen LogP contribution in [0.4, 0.5) is 0 Å². The molecule has 0 fully saturated rings. The van der Waals surface area contributed by atoms with Crippen molar-refractivity contribution in [2.75, 3.05) is 6.54 Å². The molecule has 60 valence electrons. The molecule has 0 saturated carbocycles. The average molecular weight is 143 g/mol. The van der Waals surface area contributed by atoms with Gasteiger partial charge in [0.25, 0.3) is 0 Å². The van der Waals surface area contributed by atoms with Gasteiger partial charge < -0.3 is 5.73 Å². The van der Waals surface area contributed by atoms with E-state index in [-0.39, 0.29) is 11.2 Å². The lowest BCUT2D eigenvalue weighted by Crippen LogP contribution is -2.32. The highest BCUT2D eigenvalue weighted by molar-refractivity contribution is 5.84. The van der Waals surface area contributed by atoms with E-state index >= 15 is 0 Å². The Kier molecular flexibility index (Phi) is 3.58. The van der Waals surface area contributed by atoms with Crippen LogP contribution in [-0.4, -0.2) is 12.3 Å². The smallest absolute Gasteiger partial charge is 0.139 e. The van der Waals surface area contributed by atoms with Gasteiger partial charge in [-0.15, -0.1) is 0 Å². The van der Waals surface area contributed by atoms with Crippen LogP contribution in [0.2, 0.25) is 0 Å². The molecule has 0 radical (unpaired) electrons. The lowest BCUT2D eigenvalue weighted by Gasteiger charge is -2.19. The van der Waals surface area contributed by atoms with Crippen LogP contribution in [0.15, 0.2) is 0 Å². The molecular weight excluding hydrogens is 126 g/mol. The van der Waals surface area contributed by atoms with Gasteiger partial charge in [-0.2, -0.15) is 0 Å². The third kappa shape index (κ3) is 2.48. The third-order valence-corrected chi connectivity index (χ3v) is 1.74. The Morgan fingerprint density at radius 3 is 2.30 bits per heavy atom. The van der Waals surface area contributed by atoms with E-state index < -0.39 is 0 Å². The molecule has 0 amide bonds. The van der Waals surface area contributed by atoms with Gasteiger partial charge in [0, 0.05) is 18.4 Å². The molecule has 0 aliphatic carbocycles. The van der Waals surface area contributed by atoms with E-state index in [9.17, 15) is 4.79 Å². The van der Waals surface area contributed by atoms with Crippen LogP contribution < -0.4 is 5.73 Å². The van der Waals surface area contributed by atoms with Crippen molar-refractivity contribution < 1.29 is 4.79 Å². The van der Waals surface area contributed by atoms with Gasteiger partial charge in [0.1, 0.15) is 5.78 Å². The molecular formula is C8H17NO. The molecule has 2 N–H and O–H groups in total. The summed E-state index contributed by atoms with van der Waals surface area (Å²) in [4.78, 5) is 11.2. The van der Waals surface area contributed by atoms with Gasteiger partial charge in [-0.05, 0) is 6.42 Å². The predicted octanol–water partition coefficient (Wildman–Crippen LogP) is 1.34. The Balaban J connectivity index is 3.91. The Morgan fingerprint density at radius 1 is 1.50 bits per heavy atom. The summed E-state index contributed by atoms with van der Waals surface area (Å²) in [5, 5.41) is 0. The molecule has 0 rings (SSSR count). The maximum Gasteiger partial charge on any atom is 0.139 e. The number of carbonyl (C=O) groups excluding carboxylic acids is 1. The van der Waals surface area contributed by atoms with Crippen molar-refractivity contribution in [1.82, 2.24) is 0 Å². The Hall–Kier alpha value is -0.370. The Bertz CT molecular complexity index is 118. The first-order valence-corrected chi connectivity index (χ1v) is 3.78. The van der Waals surface area contributed by atoms with E-state index in [2.05, 4.69) is 0 Å². The van der Waals surface area contributed by atoms with Gasteiger partial charge in [0.15, 0.2) is 0 Å². The third-order valence-electron chi connectivity index (χ3n) is 1.74. The number of hydrogen-bond acceptors (Lipinski definition) is 2. The number of Topliss-reactive ketones (excluding diaryl/α,β-unsaturated/α-hetero) is 1. The standard InChI is InChI=1S/C8H17NO/c1-4-5-7(10)8(2,3)6-9/h4-6,9H2,1-3H3. The molecule has 0 aliphatic rings. The van der Waals surface area contributed by atoms with Crippen molar-refractivity contribution in [1.29, 1.82) is 0 Å². The van der Waals surface area contributed by atoms with E-state index in [0.29, 0.717) is 13.0 Å².